The highest BCUT2D eigenvalue weighted by molar-refractivity contribution is 5.66. The van der Waals surface area contributed by atoms with Crippen LogP contribution in [0.3, 0.4) is 0 Å². The average Bonchev–Trinajstić information content (AvgIpc) is 2.86. The Kier molecular flexibility index (Phi) is 4.93. The number of esters is 1. The maximum absolute atomic E-state index is 11.5. The standard InChI is InChI=1S/C24H40O3/c1-5-11-24(26)14-10-21-19-7-6-17-15-18(27-16(2)25)8-12-22(17,3)20(19)9-13-23(21,24)4/h17-21,26H,5-15H2,1-4H3/t17-,18-,19-,20+,21-,22+,23-,24+/m1/s1. The first-order chi connectivity index (χ1) is 12.7. The molecule has 4 fully saturated rings. The van der Waals surface area contributed by atoms with Crippen LogP contribution in [-0.4, -0.2) is 22.8 Å². The molecule has 1 N–H and O–H groups in total. The van der Waals surface area contributed by atoms with Crippen LogP contribution in [0.2, 0.25) is 0 Å². The first-order valence-corrected chi connectivity index (χ1v) is 11.6. The van der Waals surface area contributed by atoms with Crippen molar-refractivity contribution >= 4 is 5.97 Å². The lowest BCUT2D eigenvalue weighted by atomic mass is 9.44. The third-order valence-corrected chi connectivity index (χ3v) is 9.94. The van der Waals surface area contributed by atoms with Gasteiger partial charge in [0.1, 0.15) is 6.10 Å². The Morgan fingerprint density at radius 3 is 2.48 bits per heavy atom. The lowest BCUT2D eigenvalue weighted by molar-refractivity contribution is -0.170. The zero-order chi connectivity index (χ0) is 19.4. The summed E-state index contributed by atoms with van der Waals surface area (Å²) in [6.45, 7) is 8.73. The predicted octanol–water partition coefficient (Wildman–Crippen LogP) is 5.49. The van der Waals surface area contributed by atoms with Gasteiger partial charge in [-0.1, -0.05) is 27.2 Å². The minimum atomic E-state index is -0.428. The van der Waals surface area contributed by atoms with Gasteiger partial charge in [0.25, 0.3) is 0 Å². The lowest BCUT2D eigenvalue weighted by Gasteiger charge is -2.61. The van der Waals surface area contributed by atoms with E-state index < -0.39 is 5.60 Å². The molecule has 3 heteroatoms. The normalized spacial score (nSPS) is 51.8. The first-order valence-electron chi connectivity index (χ1n) is 11.6. The molecule has 0 aromatic carbocycles. The van der Waals surface area contributed by atoms with Gasteiger partial charge >= 0.3 is 5.97 Å². The molecule has 4 rings (SSSR count). The van der Waals surface area contributed by atoms with Crippen LogP contribution in [0.5, 0.6) is 0 Å². The van der Waals surface area contributed by atoms with Gasteiger partial charge in [0.2, 0.25) is 0 Å². The Labute approximate surface area is 165 Å². The Balaban J connectivity index is 1.54. The van der Waals surface area contributed by atoms with E-state index in [0.717, 1.165) is 43.9 Å². The van der Waals surface area contributed by atoms with E-state index in [1.54, 1.807) is 6.92 Å². The Morgan fingerprint density at radius 1 is 1.04 bits per heavy atom. The zero-order valence-corrected chi connectivity index (χ0v) is 17.9. The van der Waals surface area contributed by atoms with Crippen LogP contribution in [0.25, 0.3) is 0 Å². The highest BCUT2D eigenvalue weighted by Gasteiger charge is 2.64. The van der Waals surface area contributed by atoms with E-state index in [1.165, 1.54) is 38.5 Å². The van der Waals surface area contributed by atoms with Crippen LogP contribution in [-0.2, 0) is 9.53 Å². The number of fused-ring (bicyclic) bond motifs is 5. The van der Waals surface area contributed by atoms with E-state index in [-0.39, 0.29) is 17.5 Å². The predicted molar refractivity (Wildman–Crippen MR) is 107 cm³/mol. The molecule has 0 aromatic heterocycles. The summed E-state index contributed by atoms with van der Waals surface area (Å²) in [6.07, 6.45) is 12.9. The second kappa shape index (κ2) is 6.75. The molecule has 0 aliphatic heterocycles. The molecular weight excluding hydrogens is 336 g/mol. The number of carbonyl (C=O) groups is 1. The van der Waals surface area contributed by atoms with E-state index in [2.05, 4.69) is 20.8 Å². The molecule has 4 aliphatic rings. The lowest BCUT2D eigenvalue weighted by Crippen LogP contribution is -2.56. The smallest absolute Gasteiger partial charge is 0.302 e. The second-order valence-electron chi connectivity index (χ2n) is 10.9. The Morgan fingerprint density at radius 2 is 1.78 bits per heavy atom. The van der Waals surface area contributed by atoms with Gasteiger partial charge in [0.05, 0.1) is 5.60 Å². The summed E-state index contributed by atoms with van der Waals surface area (Å²) < 4.78 is 5.59. The van der Waals surface area contributed by atoms with Crippen LogP contribution >= 0.6 is 0 Å². The number of hydrogen-bond acceptors (Lipinski definition) is 3. The fourth-order valence-corrected chi connectivity index (χ4v) is 8.49. The SMILES string of the molecule is CCC[C@]1(O)CC[C@@H]2[C@@H]3CC[C@@H]4C[C@H](OC(C)=O)CC[C@]4(C)[C@H]3CC[C@]21C. The van der Waals surface area contributed by atoms with Gasteiger partial charge in [-0.2, -0.15) is 0 Å². The van der Waals surface area contributed by atoms with Crippen molar-refractivity contribution in [3.8, 4) is 0 Å². The molecule has 0 amide bonds. The minimum Gasteiger partial charge on any atom is -0.463 e. The molecular formula is C24H40O3. The molecule has 0 unspecified atom stereocenters. The summed E-state index contributed by atoms with van der Waals surface area (Å²) in [4.78, 5) is 11.4. The van der Waals surface area contributed by atoms with E-state index >= 15 is 0 Å². The van der Waals surface area contributed by atoms with Crippen molar-refractivity contribution in [2.45, 2.75) is 110 Å². The molecule has 0 saturated heterocycles. The number of ether oxygens (including phenoxy) is 1. The largest absolute Gasteiger partial charge is 0.463 e. The Hall–Kier alpha value is -0.570. The van der Waals surface area contributed by atoms with Gasteiger partial charge in [-0.15, -0.1) is 0 Å². The molecule has 0 bridgehead atoms. The quantitative estimate of drug-likeness (QED) is 0.662. The van der Waals surface area contributed by atoms with Crippen molar-refractivity contribution in [2.24, 2.45) is 34.5 Å². The summed E-state index contributed by atoms with van der Waals surface area (Å²) in [7, 11) is 0. The molecule has 4 saturated carbocycles. The molecule has 8 atom stereocenters. The molecule has 0 radical (unpaired) electrons. The Bertz CT molecular complexity index is 588. The third-order valence-electron chi connectivity index (χ3n) is 9.94. The van der Waals surface area contributed by atoms with Gasteiger partial charge in [-0.05, 0) is 98.7 Å². The van der Waals surface area contributed by atoms with E-state index in [4.69, 9.17) is 4.74 Å². The van der Waals surface area contributed by atoms with Gasteiger partial charge in [0.15, 0.2) is 0 Å². The van der Waals surface area contributed by atoms with Crippen molar-refractivity contribution in [3.63, 3.8) is 0 Å². The van der Waals surface area contributed by atoms with Gasteiger partial charge in [-0.25, -0.2) is 0 Å². The monoisotopic (exact) mass is 376 g/mol. The highest BCUT2D eigenvalue weighted by Crippen LogP contribution is 2.68. The van der Waals surface area contributed by atoms with Crippen LogP contribution < -0.4 is 0 Å². The zero-order valence-electron chi connectivity index (χ0n) is 17.9. The van der Waals surface area contributed by atoms with Crippen LogP contribution in [0.4, 0.5) is 0 Å². The van der Waals surface area contributed by atoms with Crippen LogP contribution in [0.15, 0.2) is 0 Å². The van der Waals surface area contributed by atoms with Gasteiger partial charge in [-0.3, -0.25) is 4.79 Å². The van der Waals surface area contributed by atoms with Crippen molar-refractivity contribution in [1.29, 1.82) is 0 Å². The van der Waals surface area contributed by atoms with Crippen molar-refractivity contribution in [2.75, 3.05) is 0 Å². The summed E-state index contributed by atoms with van der Waals surface area (Å²) >= 11 is 0. The minimum absolute atomic E-state index is 0.119. The molecule has 154 valence electrons. The van der Waals surface area contributed by atoms with Crippen LogP contribution in [0, 0.1) is 34.5 Å². The van der Waals surface area contributed by atoms with E-state index in [1.807, 2.05) is 0 Å². The summed E-state index contributed by atoms with van der Waals surface area (Å²) in [6, 6.07) is 0. The summed E-state index contributed by atoms with van der Waals surface area (Å²) in [5.41, 5.74) is 0.108. The molecule has 4 aliphatic carbocycles. The summed E-state index contributed by atoms with van der Waals surface area (Å²) in [5, 5.41) is 11.5. The fraction of sp³-hybridized carbons (Fsp3) is 0.958. The van der Waals surface area contributed by atoms with Crippen LogP contribution in [0.1, 0.15) is 98.3 Å². The third kappa shape index (κ3) is 2.90. The van der Waals surface area contributed by atoms with E-state index in [0.29, 0.717) is 17.3 Å². The van der Waals surface area contributed by atoms with Gasteiger partial charge < -0.3 is 9.84 Å². The summed E-state index contributed by atoms with van der Waals surface area (Å²) in [5.74, 6) is 2.89. The second-order valence-corrected chi connectivity index (χ2v) is 10.9. The molecule has 3 nitrogen and oxygen atoms in total. The molecule has 27 heavy (non-hydrogen) atoms. The average molecular weight is 377 g/mol. The number of aliphatic hydroxyl groups is 1. The van der Waals surface area contributed by atoms with Gasteiger partial charge in [0, 0.05) is 6.92 Å². The number of hydrogen-bond donors (Lipinski definition) is 1. The fourth-order valence-electron chi connectivity index (χ4n) is 8.49. The molecule has 0 spiro atoms. The molecule has 0 heterocycles. The molecule has 0 aromatic rings. The van der Waals surface area contributed by atoms with Crippen molar-refractivity contribution in [1.82, 2.24) is 0 Å². The number of carbonyl (C=O) groups excluding carboxylic acids is 1. The number of rotatable bonds is 3. The first kappa shape index (κ1) is 19.7. The highest BCUT2D eigenvalue weighted by atomic mass is 16.5. The van der Waals surface area contributed by atoms with E-state index in [9.17, 15) is 9.90 Å². The maximum atomic E-state index is 11.5. The topological polar surface area (TPSA) is 46.5 Å². The van der Waals surface area contributed by atoms with Crippen molar-refractivity contribution in [3.05, 3.63) is 0 Å². The maximum Gasteiger partial charge on any atom is 0.302 e. The van der Waals surface area contributed by atoms with Crippen molar-refractivity contribution < 1.29 is 14.6 Å².